The first-order valence-corrected chi connectivity index (χ1v) is 9.00. The third-order valence-corrected chi connectivity index (χ3v) is 5.49. The molecule has 3 unspecified atom stereocenters. The highest BCUT2D eigenvalue weighted by Gasteiger charge is 2.49. The molecule has 24 heavy (non-hydrogen) atoms. The second-order valence-corrected chi connectivity index (χ2v) is 8.90. The number of ether oxygens (including phenoxy) is 1. The Bertz CT molecular complexity index is 577. The molecule has 3 atom stereocenters. The number of β-amino-alcohol motifs (C(OH)–C–C–N with tert-alkyl or cyclic N) is 1. The van der Waals surface area contributed by atoms with Crippen LogP contribution in [0.3, 0.4) is 0 Å². The predicted molar refractivity (Wildman–Crippen MR) is 93.2 cm³/mol. The molecule has 2 bridgehead atoms. The fourth-order valence-corrected chi connectivity index (χ4v) is 5.03. The Morgan fingerprint density at radius 2 is 2.04 bits per heavy atom. The van der Waals surface area contributed by atoms with E-state index in [4.69, 9.17) is 4.74 Å². The maximum atomic E-state index is 13.6. The lowest BCUT2D eigenvalue weighted by Gasteiger charge is -2.40. The van der Waals surface area contributed by atoms with Gasteiger partial charge in [0.05, 0.1) is 19.3 Å². The lowest BCUT2D eigenvalue weighted by Crippen LogP contribution is -2.39. The van der Waals surface area contributed by atoms with Gasteiger partial charge in [-0.3, -0.25) is 4.90 Å². The monoisotopic (exact) mass is 335 g/mol. The van der Waals surface area contributed by atoms with Crippen molar-refractivity contribution in [1.29, 1.82) is 0 Å². The molecule has 0 radical (unpaired) electrons. The molecule has 3 nitrogen and oxygen atoms in total. The molecule has 1 aliphatic heterocycles. The zero-order chi connectivity index (χ0) is 17.4. The number of nitrogens with zero attached hydrogens (tertiary/aromatic N) is 1. The molecule has 1 aromatic rings. The maximum Gasteiger partial charge on any atom is 0.128 e. The van der Waals surface area contributed by atoms with E-state index in [0.29, 0.717) is 29.0 Å². The Morgan fingerprint density at radius 1 is 1.29 bits per heavy atom. The van der Waals surface area contributed by atoms with Crippen LogP contribution in [0.5, 0.6) is 0 Å². The molecule has 2 aliphatic rings. The van der Waals surface area contributed by atoms with E-state index in [9.17, 15) is 9.50 Å². The van der Waals surface area contributed by atoms with Crippen molar-refractivity contribution in [2.24, 2.45) is 10.8 Å². The van der Waals surface area contributed by atoms with Crippen molar-refractivity contribution < 1.29 is 14.2 Å². The summed E-state index contributed by atoms with van der Waals surface area (Å²) in [6, 6.07) is 7.18. The molecular formula is C20H30FNO2. The number of rotatable bonds is 6. The number of aliphatic hydroxyl groups is 1. The van der Waals surface area contributed by atoms with Crippen LogP contribution in [0.4, 0.5) is 4.39 Å². The highest BCUT2D eigenvalue weighted by atomic mass is 19.1. The number of halogens is 1. The smallest absolute Gasteiger partial charge is 0.128 e. The Kier molecular flexibility index (Phi) is 5.01. The third-order valence-electron chi connectivity index (χ3n) is 5.49. The Hall–Kier alpha value is -0.970. The van der Waals surface area contributed by atoms with E-state index >= 15 is 0 Å². The van der Waals surface area contributed by atoms with Crippen molar-refractivity contribution in [3.63, 3.8) is 0 Å². The number of likely N-dealkylation sites (tertiary alicyclic amines) is 1. The van der Waals surface area contributed by atoms with Crippen molar-refractivity contribution in [1.82, 2.24) is 4.90 Å². The fourth-order valence-electron chi connectivity index (χ4n) is 5.03. The molecule has 134 valence electrons. The number of hydrogen-bond donors (Lipinski definition) is 1. The van der Waals surface area contributed by atoms with Crippen LogP contribution in [0.2, 0.25) is 0 Å². The summed E-state index contributed by atoms with van der Waals surface area (Å²) in [5.41, 5.74) is 1.30. The van der Waals surface area contributed by atoms with E-state index in [-0.39, 0.29) is 19.0 Å². The highest BCUT2D eigenvalue weighted by molar-refractivity contribution is 5.16. The first-order chi connectivity index (χ1) is 11.3. The van der Waals surface area contributed by atoms with Crippen molar-refractivity contribution in [3.05, 3.63) is 35.6 Å². The Labute approximate surface area is 144 Å². The van der Waals surface area contributed by atoms with Gasteiger partial charge in [0.2, 0.25) is 0 Å². The molecule has 1 N–H and O–H groups in total. The van der Waals surface area contributed by atoms with Gasteiger partial charge in [0.1, 0.15) is 5.82 Å². The summed E-state index contributed by atoms with van der Waals surface area (Å²) >= 11 is 0. The third kappa shape index (κ3) is 4.16. The second kappa shape index (κ2) is 6.74. The van der Waals surface area contributed by atoms with Gasteiger partial charge in [-0.05, 0) is 36.2 Å². The van der Waals surface area contributed by atoms with Crippen LogP contribution in [0, 0.1) is 16.6 Å². The summed E-state index contributed by atoms with van der Waals surface area (Å²) in [7, 11) is 0. The van der Waals surface area contributed by atoms with Crippen LogP contribution in [0.15, 0.2) is 24.3 Å². The van der Waals surface area contributed by atoms with E-state index in [1.165, 1.54) is 25.3 Å². The number of benzene rings is 1. The molecule has 1 saturated heterocycles. The van der Waals surface area contributed by atoms with Crippen LogP contribution in [-0.2, 0) is 11.3 Å². The standard InChI is InChI=1S/C20H30FNO2/c1-19(2)8-16-9-20(3,13-19)14-22(16)10-17(23)12-24-11-15-6-4-5-7-18(15)21/h4-7,16-17,23H,8-14H2,1-3H3. The maximum absolute atomic E-state index is 13.6. The Morgan fingerprint density at radius 3 is 2.79 bits per heavy atom. The van der Waals surface area contributed by atoms with Crippen molar-refractivity contribution >= 4 is 0 Å². The molecule has 0 amide bonds. The van der Waals surface area contributed by atoms with Gasteiger partial charge in [-0.25, -0.2) is 4.39 Å². The van der Waals surface area contributed by atoms with E-state index in [1.54, 1.807) is 18.2 Å². The quantitative estimate of drug-likeness (QED) is 0.862. The van der Waals surface area contributed by atoms with E-state index in [2.05, 4.69) is 25.7 Å². The van der Waals surface area contributed by atoms with Crippen molar-refractivity contribution in [2.45, 2.75) is 58.8 Å². The van der Waals surface area contributed by atoms with Gasteiger partial charge in [-0.15, -0.1) is 0 Å². The van der Waals surface area contributed by atoms with Gasteiger partial charge in [-0.1, -0.05) is 39.0 Å². The average Bonchev–Trinajstić information content (AvgIpc) is 2.69. The zero-order valence-corrected chi connectivity index (χ0v) is 15.1. The molecule has 0 spiro atoms. The average molecular weight is 335 g/mol. The van der Waals surface area contributed by atoms with Crippen LogP contribution >= 0.6 is 0 Å². The molecule has 1 aromatic carbocycles. The molecule has 3 rings (SSSR count). The fraction of sp³-hybridized carbons (Fsp3) is 0.700. The highest BCUT2D eigenvalue weighted by Crippen LogP contribution is 2.52. The molecule has 4 heteroatoms. The SMILES string of the molecule is CC1(C)CC2CC(C)(CN2CC(O)COCc2ccccc2F)C1. The minimum Gasteiger partial charge on any atom is -0.389 e. The molecule has 1 heterocycles. The van der Waals surface area contributed by atoms with Crippen molar-refractivity contribution in [3.8, 4) is 0 Å². The predicted octanol–water partition coefficient (Wildman–Crippen LogP) is 3.60. The van der Waals surface area contributed by atoms with E-state index < -0.39 is 6.10 Å². The normalized spacial score (nSPS) is 30.5. The van der Waals surface area contributed by atoms with Gasteiger partial charge in [0.25, 0.3) is 0 Å². The minimum atomic E-state index is -0.525. The van der Waals surface area contributed by atoms with Crippen LogP contribution in [0.25, 0.3) is 0 Å². The molecule has 1 aliphatic carbocycles. The Balaban J connectivity index is 1.47. The lowest BCUT2D eigenvalue weighted by molar-refractivity contribution is 0.00536. The van der Waals surface area contributed by atoms with Crippen LogP contribution in [-0.4, -0.2) is 41.8 Å². The topological polar surface area (TPSA) is 32.7 Å². The second-order valence-electron chi connectivity index (χ2n) is 8.90. The largest absolute Gasteiger partial charge is 0.389 e. The summed E-state index contributed by atoms with van der Waals surface area (Å²) in [6.45, 7) is 9.25. The van der Waals surface area contributed by atoms with Crippen LogP contribution in [0.1, 0.15) is 45.6 Å². The summed E-state index contributed by atoms with van der Waals surface area (Å²) in [4.78, 5) is 2.44. The molecule has 0 aromatic heterocycles. The summed E-state index contributed by atoms with van der Waals surface area (Å²) in [6.07, 6.45) is 3.17. The summed E-state index contributed by atoms with van der Waals surface area (Å²) in [5.74, 6) is -0.254. The van der Waals surface area contributed by atoms with Crippen molar-refractivity contribution in [2.75, 3.05) is 19.7 Å². The van der Waals surface area contributed by atoms with Gasteiger partial charge < -0.3 is 9.84 Å². The van der Waals surface area contributed by atoms with E-state index in [0.717, 1.165) is 6.54 Å². The molecular weight excluding hydrogens is 305 g/mol. The van der Waals surface area contributed by atoms with Gasteiger partial charge >= 0.3 is 0 Å². The number of fused-ring (bicyclic) bond motifs is 2. The van der Waals surface area contributed by atoms with Gasteiger partial charge in [0.15, 0.2) is 0 Å². The first-order valence-electron chi connectivity index (χ1n) is 9.00. The summed E-state index contributed by atoms with van der Waals surface area (Å²) < 4.78 is 19.1. The molecule has 1 saturated carbocycles. The number of hydrogen-bond acceptors (Lipinski definition) is 3. The first kappa shape index (κ1) is 17.8. The zero-order valence-electron chi connectivity index (χ0n) is 15.1. The molecule has 2 fully saturated rings. The number of aliphatic hydroxyl groups excluding tert-OH is 1. The lowest BCUT2D eigenvalue weighted by atomic mass is 9.65. The van der Waals surface area contributed by atoms with Gasteiger partial charge in [0, 0.05) is 24.7 Å². The van der Waals surface area contributed by atoms with Crippen LogP contribution < -0.4 is 0 Å². The minimum absolute atomic E-state index is 0.206. The van der Waals surface area contributed by atoms with Gasteiger partial charge in [-0.2, -0.15) is 0 Å². The van der Waals surface area contributed by atoms with E-state index in [1.807, 2.05) is 0 Å². The summed E-state index contributed by atoms with van der Waals surface area (Å²) in [5, 5.41) is 10.3.